The fraction of sp³-hybridized carbons (Fsp3) is 0.500. The van der Waals surface area contributed by atoms with Crippen LogP contribution >= 0.6 is 0 Å². The molecule has 2 heterocycles. The van der Waals surface area contributed by atoms with Gasteiger partial charge in [0.15, 0.2) is 11.6 Å². The zero-order valence-electron chi connectivity index (χ0n) is 10.9. The molecular formula is C14H17FN2O2. The summed E-state index contributed by atoms with van der Waals surface area (Å²) < 4.78 is 18.5. The molecule has 0 aliphatic carbocycles. The smallest absolute Gasteiger partial charge is 0.253 e. The Labute approximate surface area is 111 Å². The molecule has 1 aromatic carbocycles. The first-order valence-corrected chi connectivity index (χ1v) is 6.52. The maximum atomic E-state index is 13.6. The summed E-state index contributed by atoms with van der Waals surface area (Å²) in [7, 11) is 1.41. The Kier molecular flexibility index (Phi) is 3.14. The number of hydrogen-bond acceptors (Lipinski definition) is 3. The maximum absolute atomic E-state index is 13.6. The van der Waals surface area contributed by atoms with E-state index < -0.39 is 5.82 Å². The van der Waals surface area contributed by atoms with E-state index in [2.05, 4.69) is 5.32 Å². The normalized spacial score (nSPS) is 25.5. The molecule has 102 valence electrons. The van der Waals surface area contributed by atoms with Crippen molar-refractivity contribution in [2.75, 3.05) is 33.3 Å². The number of nitrogens with one attached hydrogen (secondary N) is 1. The lowest BCUT2D eigenvalue weighted by molar-refractivity contribution is 0.0781. The van der Waals surface area contributed by atoms with Crippen LogP contribution in [0.1, 0.15) is 10.4 Å². The molecule has 1 N–H and O–H groups in total. The highest BCUT2D eigenvalue weighted by Crippen LogP contribution is 2.28. The zero-order chi connectivity index (χ0) is 13.4. The van der Waals surface area contributed by atoms with Crippen LogP contribution in [0.2, 0.25) is 0 Å². The molecule has 1 amide bonds. The second-order valence-electron chi connectivity index (χ2n) is 5.24. The number of halogens is 1. The van der Waals surface area contributed by atoms with Gasteiger partial charge in [-0.25, -0.2) is 4.39 Å². The fourth-order valence-corrected chi connectivity index (χ4v) is 3.00. The van der Waals surface area contributed by atoms with Crippen LogP contribution < -0.4 is 10.1 Å². The number of benzene rings is 1. The number of nitrogens with zero attached hydrogens (tertiary/aromatic N) is 1. The van der Waals surface area contributed by atoms with E-state index in [1.807, 2.05) is 4.90 Å². The molecule has 19 heavy (non-hydrogen) atoms. The Morgan fingerprint density at radius 3 is 2.63 bits per heavy atom. The van der Waals surface area contributed by atoms with Crippen molar-refractivity contribution in [3.05, 3.63) is 29.6 Å². The topological polar surface area (TPSA) is 41.6 Å². The number of amides is 1. The molecule has 2 atom stereocenters. The van der Waals surface area contributed by atoms with Crippen LogP contribution in [0.3, 0.4) is 0 Å². The zero-order valence-corrected chi connectivity index (χ0v) is 10.9. The molecule has 5 heteroatoms. The molecule has 2 unspecified atom stereocenters. The lowest BCUT2D eigenvalue weighted by Crippen LogP contribution is -2.31. The third kappa shape index (κ3) is 2.18. The van der Waals surface area contributed by atoms with Crippen LogP contribution in [0.5, 0.6) is 5.75 Å². The van der Waals surface area contributed by atoms with Crippen LogP contribution in [-0.2, 0) is 0 Å². The Hall–Kier alpha value is -1.62. The molecule has 0 bridgehead atoms. The summed E-state index contributed by atoms with van der Waals surface area (Å²) in [6.45, 7) is 3.49. The SMILES string of the molecule is COc1ccc(C(=O)N2CC3CNCC3C2)cc1F. The first-order valence-electron chi connectivity index (χ1n) is 6.52. The van der Waals surface area contributed by atoms with Crippen molar-refractivity contribution in [2.45, 2.75) is 0 Å². The third-order valence-corrected chi connectivity index (χ3v) is 4.08. The number of carbonyl (C=O) groups excluding carboxylic acids is 1. The molecule has 2 aliphatic heterocycles. The average Bonchev–Trinajstić information content (AvgIpc) is 2.98. The number of fused-ring (bicyclic) bond motifs is 1. The third-order valence-electron chi connectivity index (χ3n) is 4.08. The molecular weight excluding hydrogens is 247 g/mol. The second-order valence-corrected chi connectivity index (χ2v) is 5.24. The number of likely N-dealkylation sites (tertiary alicyclic amines) is 1. The van der Waals surface area contributed by atoms with Crippen molar-refractivity contribution in [3.63, 3.8) is 0 Å². The number of methoxy groups -OCH3 is 1. The quantitative estimate of drug-likeness (QED) is 0.870. The van der Waals surface area contributed by atoms with E-state index in [0.717, 1.165) is 26.2 Å². The summed E-state index contributed by atoms with van der Waals surface area (Å²) >= 11 is 0. The Morgan fingerprint density at radius 1 is 1.37 bits per heavy atom. The van der Waals surface area contributed by atoms with E-state index in [0.29, 0.717) is 17.4 Å². The highest BCUT2D eigenvalue weighted by Gasteiger charge is 2.38. The van der Waals surface area contributed by atoms with Crippen LogP contribution in [0.25, 0.3) is 0 Å². The number of hydrogen-bond donors (Lipinski definition) is 1. The van der Waals surface area contributed by atoms with E-state index in [-0.39, 0.29) is 11.7 Å². The summed E-state index contributed by atoms with van der Waals surface area (Å²) in [4.78, 5) is 14.2. The summed E-state index contributed by atoms with van der Waals surface area (Å²) in [6, 6.07) is 4.38. The van der Waals surface area contributed by atoms with Gasteiger partial charge in [-0.1, -0.05) is 0 Å². The predicted octanol–water partition coefficient (Wildman–Crippen LogP) is 1.13. The van der Waals surface area contributed by atoms with E-state index in [9.17, 15) is 9.18 Å². The summed E-state index contributed by atoms with van der Waals surface area (Å²) in [6.07, 6.45) is 0. The van der Waals surface area contributed by atoms with Gasteiger partial charge in [-0.05, 0) is 30.0 Å². The molecule has 0 saturated carbocycles. The van der Waals surface area contributed by atoms with Gasteiger partial charge in [-0.15, -0.1) is 0 Å². The molecule has 2 saturated heterocycles. The molecule has 2 aliphatic rings. The van der Waals surface area contributed by atoms with Crippen molar-refractivity contribution in [1.29, 1.82) is 0 Å². The Bertz CT molecular complexity index is 494. The largest absolute Gasteiger partial charge is 0.494 e. The lowest BCUT2D eigenvalue weighted by atomic mass is 10.0. The van der Waals surface area contributed by atoms with Crippen molar-refractivity contribution in [1.82, 2.24) is 10.2 Å². The highest BCUT2D eigenvalue weighted by atomic mass is 19.1. The molecule has 0 spiro atoms. The van der Waals surface area contributed by atoms with Gasteiger partial charge in [0.1, 0.15) is 0 Å². The van der Waals surface area contributed by atoms with E-state index in [1.165, 1.54) is 19.2 Å². The van der Waals surface area contributed by atoms with Gasteiger partial charge in [-0.2, -0.15) is 0 Å². The van der Waals surface area contributed by atoms with Crippen molar-refractivity contribution < 1.29 is 13.9 Å². The van der Waals surface area contributed by atoms with Gasteiger partial charge in [0.25, 0.3) is 5.91 Å². The first kappa shape index (κ1) is 12.4. The van der Waals surface area contributed by atoms with Gasteiger partial charge in [0.05, 0.1) is 7.11 Å². The van der Waals surface area contributed by atoms with E-state index >= 15 is 0 Å². The fourth-order valence-electron chi connectivity index (χ4n) is 3.00. The molecule has 3 rings (SSSR count). The van der Waals surface area contributed by atoms with Gasteiger partial charge in [0.2, 0.25) is 0 Å². The van der Waals surface area contributed by atoms with Crippen molar-refractivity contribution in [2.24, 2.45) is 11.8 Å². The second kappa shape index (κ2) is 4.81. The van der Waals surface area contributed by atoms with Crippen molar-refractivity contribution in [3.8, 4) is 5.75 Å². The summed E-state index contributed by atoms with van der Waals surface area (Å²) in [5, 5.41) is 3.33. The molecule has 0 aromatic heterocycles. The maximum Gasteiger partial charge on any atom is 0.253 e. The predicted molar refractivity (Wildman–Crippen MR) is 68.7 cm³/mol. The molecule has 4 nitrogen and oxygen atoms in total. The summed E-state index contributed by atoms with van der Waals surface area (Å²) in [5.74, 6) is 0.684. The van der Waals surface area contributed by atoms with Crippen molar-refractivity contribution >= 4 is 5.91 Å². The standard InChI is InChI=1S/C14H17FN2O2/c1-19-13-3-2-9(4-12(13)15)14(18)17-7-10-5-16-6-11(10)8-17/h2-4,10-11,16H,5-8H2,1H3. The minimum absolute atomic E-state index is 0.0871. The van der Waals surface area contributed by atoms with E-state index in [1.54, 1.807) is 6.07 Å². The van der Waals surface area contributed by atoms with Gasteiger partial charge >= 0.3 is 0 Å². The Balaban J connectivity index is 1.75. The average molecular weight is 264 g/mol. The van der Waals surface area contributed by atoms with Crippen LogP contribution in [-0.4, -0.2) is 44.1 Å². The molecule has 2 fully saturated rings. The van der Waals surface area contributed by atoms with E-state index in [4.69, 9.17) is 4.74 Å². The number of rotatable bonds is 2. The minimum Gasteiger partial charge on any atom is -0.494 e. The minimum atomic E-state index is -0.491. The molecule has 1 aromatic rings. The highest BCUT2D eigenvalue weighted by molar-refractivity contribution is 5.94. The monoisotopic (exact) mass is 264 g/mol. The van der Waals surface area contributed by atoms with Gasteiger partial charge in [-0.3, -0.25) is 4.79 Å². The molecule has 0 radical (unpaired) electrons. The number of carbonyl (C=O) groups is 1. The first-order chi connectivity index (χ1) is 9.19. The van der Waals surface area contributed by atoms with Crippen LogP contribution in [0.15, 0.2) is 18.2 Å². The lowest BCUT2D eigenvalue weighted by Gasteiger charge is -2.17. The van der Waals surface area contributed by atoms with Gasteiger partial charge in [0, 0.05) is 31.7 Å². The number of ether oxygens (including phenoxy) is 1. The Morgan fingerprint density at radius 2 is 2.05 bits per heavy atom. The van der Waals surface area contributed by atoms with Gasteiger partial charge < -0.3 is 15.0 Å². The van der Waals surface area contributed by atoms with Crippen LogP contribution in [0, 0.1) is 17.7 Å². The summed E-state index contributed by atoms with van der Waals surface area (Å²) in [5.41, 5.74) is 0.395. The van der Waals surface area contributed by atoms with Crippen LogP contribution in [0.4, 0.5) is 4.39 Å².